The Morgan fingerprint density at radius 3 is 2.65 bits per heavy atom. The zero-order valence-corrected chi connectivity index (χ0v) is 17.3. The van der Waals surface area contributed by atoms with Crippen molar-refractivity contribution in [1.29, 1.82) is 0 Å². The first-order valence-corrected chi connectivity index (χ1v) is 10.4. The molecule has 0 atom stereocenters. The monoisotopic (exact) mass is 451 g/mol. The van der Waals surface area contributed by atoms with Gasteiger partial charge in [-0.25, -0.2) is 0 Å². The van der Waals surface area contributed by atoms with E-state index in [1.165, 1.54) is 4.68 Å². The zero-order chi connectivity index (χ0) is 22.0. The number of benzene rings is 2. The molecule has 1 amide bonds. The molecule has 0 radical (unpaired) electrons. The summed E-state index contributed by atoms with van der Waals surface area (Å²) in [5.74, 6) is 0.319. The highest BCUT2D eigenvalue weighted by molar-refractivity contribution is 6.32. The normalized spacial score (nSPS) is 14.1. The molecule has 5 nitrogen and oxygen atoms in total. The van der Waals surface area contributed by atoms with Gasteiger partial charge in [0, 0.05) is 19.0 Å². The number of aromatic nitrogens is 2. The number of fused-ring (bicyclic) bond motifs is 1. The van der Waals surface area contributed by atoms with Crippen LogP contribution in [0.25, 0.3) is 10.8 Å². The van der Waals surface area contributed by atoms with E-state index in [2.05, 4.69) is 10.4 Å². The lowest BCUT2D eigenvalue weighted by molar-refractivity contribution is -0.141. The van der Waals surface area contributed by atoms with Crippen molar-refractivity contribution in [2.24, 2.45) is 0 Å². The molecule has 2 aromatic carbocycles. The number of hydrogen-bond donors (Lipinski definition) is 1. The molecule has 0 aliphatic heterocycles. The summed E-state index contributed by atoms with van der Waals surface area (Å²) in [6, 6.07) is 13.4. The first kappa shape index (κ1) is 21.5. The maximum Gasteiger partial charge on any atom is 0.436 e. The van der Waals surface area contributed by atoms with E-state index in [0.29, 0.717) is 24.4 Å². The van der Waals surface area contributed by atoms with Crippen molar-refractivity contribution in [3.63, 3.8) is 0 Å². The summed E-state index contributed by atoms with van der Waals surface area (Å²) in [5.41, 5.74) is -0.594. The highest BCUT2D eigenvalue weighted by Crippen LogP contribution is 2.46. The minimum Gasteiger partial charge on any atom is -0.484 e. The van der Waals surface area contributed by atoms with Crippen LogP contribution in [0, 0.1) is 0 Å². The minimum atomic E-state index is -4.58. The Balaban J connectivity index is 1.26. The Hall–Kier alpha value is -2.74. The molecule has 0 saturated heterocycles. The van der Waals surface area contributed by atoms with E-state index >= 15 is 0 Å². The molecular formula is C22H21ClF3N3O2. The Labute approximate surface area is 182 Å². The van der Waals surface area contributed by atoms with Crippen LogP contribution in [0.5, 0.6) is 5.75 Å². The number of aryl methyl sites for hydroxylation is 1. The van der Waals surface area contributed by atoms with Crippen LogP contribution in [0.2, 0.25) is 5.02 Å². The quantitative estimate of drug-likeness (QED) is 0.481. The number of amides is 1. The van der Waals surface area contributed by atoms with Gasteiger partial charge in [0.15, 0.2) is 12.3 Å². The molecule has 3 aromatic rings. The third-order valence-electron chi connectivity index (χ3n) is 5.12. The van der Waals surface area contributed by atoms with Crippen molar-refractivity contribution in [1.82, 2.24) is 15.1 Å². The number of halogens is 4. The molecule has 1 saturated carbocycles. The van der Waals surface area contributed by atoms with E-state index in [0.717, 1.165) is 23.6 Å². The van der Waals surface area contributed by atoms with Crippen LogP contribution in [0.4, 0.5) is 13.2 Å². The lowest BCUT2D eigenvalue weighted by atomic mass is 10.1. The van der Waals surface area contributed by atoms with Crippen molar-refractivity contribution in [3.8, 4) is 5.75 Å². The van der Waals surface area contributed by atoms with E-state index in [-0.39, 0.29) is 30.0 Å². The van der Waals surface area contributed by atoms with Crippen molar-refractivity contribution in [3.05, 3.63) is 58.9 Å². The molecule has 9 heteroatoms. The second kappa shape index (κ2) is 8.78. The summed E-state index contributed by atoms with van der Waals surface area (Å²) >= 11 is 5.96. The van der Waals surface area contributed by atoms with Crippen LogP contribution < -0.4 is 10.1 Å². The first-order chi connectivity index (χ1) is 14.8. The van der Waals surface area contributed by atoms with Crippen LogP contribution in [-0.2, 0) is 17.5 Å². The van der Waals surface area contributed by atoms with Gasteiger partial charge in [0.2, 0.25) is 0 Å². The molecule has 1 aromatic heterocycles. The molecular weight excluding hydrogens is 431 g/mol. The van der Waals surface area contributed by atoms with Crippen molar-refractivity contribution in [2.45, 2.75) is 37.9 Å². The smallest absolute Gasteiger partial charge is 0.436 e. The van der Waals surface area contributed by atoms with Gasteiger partial charge in [0.25, 0.3) is 5.91 Å². The fourth-order valence-corrected chi connectivity index (χ4v) is 3.86. The number of carbonyl (C=O) groups excluding carboxylic acids is 1. The van der Waals surface area contributed by atoms with Gasteiger partial charge in [-0.1, -0.05) is 41.9 Å². The summed E-state index contributed by atoms with van der Waals surface area (Å²) < 4.78 is 46.2. The number of alkyl halides is 3. The topological polar surface area (TPSA) is 56.1 Å². The first-order valence-electron chi connectivity index (χ1n) is 10.0. The number of rotatable bonds is 8. The molecule has 1 fully saturated rings. The van der Waals surface area contributed by atoms with Crippen LogP contribution in [0.15, 0.2) is 42.5 Å². The van der Waals surface area contributed by atoms with Gasteiger partial charge in [-0.2, -0.15) is 18.3 Å². The molecule has 1 aliphatic rings. The van der Waals surface area contributed by atoms with Crippen LogP contribution in [-0.4, -0.2) is 28.8 Å². The van der Waals surface area contributed by atoms with Crippen LogP contribution in [0.3, 0.4) is 0 Å². The second-order valence-electron chi connectivity index (χ2n) is 7.54. The highest BCUT2D eigenvalue weighted by atomic mass is 35.5. The Morgan fingerprint density at radius 2 is 1.94 bits per heavy atom. The van der Waals surface area contributed by atoms with E-state index < -0.39 is 11.9 Å². The predicted octanol–water partition coefficient (Wildman–Crippen LogP) is 5.17. The van der Waals surface area contributed by atoms with Gasteiger partial charge in [0.05, 0.1) is 10.7 Å². The molecule has 4 rings (SSSR count). The van der Waals surface area contributed by atoms with Crippen LogP contribution in [0.1, 0.15) is 36.6 Å². The maximum absolute atomic E-state index is 13.1. The van der Waals surface area contributed by atoms with Crippen molar-refractivity contribution in [2.75, 3.05) is 13.2 Å². The summed E-state index contributed by atoms with van der Waals surface area (Å²) in [7, 11) is 0. The van der Waals surface area contributed by atoms with Gasteiger partial charge in [-0.15, -0.1) is 0 Å². The molecule has 1 N–H and O–H groups in total. The SMILES string of the molecule is O=C(COc1ccc2ccccc2c1)NCCCn1nc(C(F)(F)F)c(Cl)c1C1CC1. The summed E-state index contributed by atoms with van der Waals surface area (Å²) in [5, 5.41) is 8.19. The van der Waals surface area contributed by atoms with Gasteiger partial charge < -0.3 is 10.1 Å². The minimum absolute atomic E-state index is 0.0287. The fourth-order valence-electron chi connectivity index (χ4n) is 3.47. The van der Waals surface area contributed by atoms with Crippen molar-refractivity contribution >= 4 is 28.3 Å². The summed E-state index contributed by atoms with van der Waals surface area (Å²) in [6.45, 7) is 0.397. The largest absolute Gasteiger partial charge is 0.484 e. The number of nitrogens with one attached hydrogen (secondary N) is 1. The molecule has 1 aliphatic carbocycles. The number of nitrogens with zero attached hydrogens (tertiary/aromatic N) is 2. The number of ether oxygens (including phenoxy) is 1. The predicted molar refractivity (Wildman–Crippen MR) is 111 cm³/mol. The average Bonchev–Trinajstić information content (AvgIpc) is 3.51. The summed E-state index contributed by atoms with van der Waals surface area (Å²) in [6.07, 6.45) is -2.53. The van der Waals surface area contributed by atoms with Gasteiger partial charge in [0.1, 0.15) is 5.75 Å². The molecule has 0 bridgehead atoms. The molecule has 1 heterocycles. The third kappa shape index (κ3) is 5.12. The lowest BCUT2D eigenvalue weighted by Gasteiger charge is -2.10. The maximum atomic E-state index is 13.1. The Bertz CT molecular complexity index is 1090. The van der Waals surface area contributed by atoms with Crippen LogP contribution >= 0.6 is 11.6 Å². The number of hydrogen-bond acceptors (Lipinski definition) is 3. The van der Waals surface area contributed by atoms with E-state index in [4.69, 9.17) is 16.3 Å². The van der Waals surface area contributed by atoms with Gasteiger partial charge in [-0.05, 0) is 42.2 Å². The third-order valence-corrected chi connectivity index (χ3v) is 5.50. The van der Waals surface area contributed by atoms with Crippen molar-refractivity contribution < 1.29 is 22.7 Å². The number of carbonyl (C=O) groups is 1. The Morgan fingerprint density at radius 1 is 1.19 bits per heavy atom. The molecule has 0 unspecified atom stereocenters. The molecule has 0 spiro atoms. The lowest BCUT2D eigenvalue weighted by Crippen LogP contribution is -2.30. The summed E-state index contributed by atoms with van der Waals surface area (Å²) in [4.78, 5) is 12.0. The average molecular weight is 452 g/mol. The standard InChI is InChI=1S/C22H21ClF3N3O2/c23-19-20(15-6-7-15)29(28-21(19)22(24,25)26)11-3-10-27-18(30)13-31-17-9-8-14-4-1-2-5-16(14)12-17/h1-2,4-5,8-9,12,15H,3,6-7,10-11,13H2,(H,27,30). The second-order valence-corrected chi connectivity index (χ2v) is 7.92. The fraction of sp³-hybridized carbons (Fsp3) is 0.364. The van der Waals surface area contributed by atoms with Gasteiger partial charge >= 0.3 is 6.18 Å². The zero-order valence-electron chi connectivity index (χ0n) is 16.6. The Kier molecular flexibility index (Phi) is 6.09. The van der Waals surface area contributed by atoms with Gasteiger partial charge in [-0.3, -0.25) is 9.48 Å². The highest BCUT2D eigenvalue weighted by Gasteiger charge is 2.41. The van der Waals surface area contributed by atoms with E-state index in [1.807, 2.05) is 36.4 Å². The van der Waals surface area contributed by atoms with E-state index in [9.17, 15) is 18.0 Å². The molecule has 31 heavy (non-hydrogen) atoms. The molecule has 164 valence electrons. The van der Waals surface area contributed by atoms with E-state index in [1.54, 1.807) is 6.07 Å².